The molecule has 5 nitrogen and oxygen atoms in total. The lowest BCUT2D eigenvalue weighted by Gasteiger charge is -2.29. The van der Waals surface area contributed by atoms with Crippen LogP contribution in [0.4, 0.5) is 5.69 Å². The molecule has 132 valence electrons. The Balaban J connectivity index is 1.35. The van der Waals surface area contributed by atoms with Crippen molar-refractivity contribution in [2.45, 2.75) is 37.8 Å². The molecular formula is C20H25N3O2. The summed E-state index contributed by atoms with van der Waals surface area (Å²) in [5.41, 5.74) is 1.53. The topological polar surface area (TPSA) is 46.5 Å². The number of aromatic nitrogens is 1. The molecule has 2 fully saturated rings. The predicted octanol–water partition coefficient (Wildman–Crippen LogP) is 3.55. The summed E-state index contributed by atoms with van der Waals surface area (Å²) in [4.78, 5) is 14.8. The largest absolute Gasteiger partial charge is 0.490 e. The van der Waals surface area contributed by atoms with Gasteiger partial charge in [0.25, 0.3) is 5.91 Å². The fraction of sp³-hybridized carbons (Fsp3) is 0.450. The average Bonchev–Trinajstić information content (AvgIpc) is 3.35. The van der Waals surface area contributed by atoms with E-state index in [0.717, 1.165) is 55.9 Å². The highest BCUT2D eigenvalue weighted by molar-refractivity contribution is 6.03. The highest BCUT2D eigenvalue weighted by atomic mass is 16.5. The summed E-state index contributed by atoms with van der Waals surface area (Å²) in [6.07, 6.45) is 6.74. The van der Waals surface area contributed by atoms with E-state index < -0.39 is 0 Å². The second-order valence-electron chi connectivity index (χ2n) is 7.13. The Morgan fingerprint density at radius 1 is 1.08 bits per heavy atom. The second kappa shape index (κ2) is 6.92. The number of anilines is 1. The highest BCUT2D eigenvalue weighted by Gasteiger charge is 2.26. The van der Waals surface area contributed by atoms with Gasteiger partial charge in [0.15, 0.2) is 0 Å². The Labute approximate surface area is 148 Å². The first kappa shape index (κ1) is 16.2. The number of hydrogen-bond acceptors (Lipinski definition) is 3. The first-order valence-corrected chi connectivity index (χ1v) is 9.12. The Bertz CT molecular complexity index is 726. The van der Waals surface area contributed by atoms with Crippen molar-refractivity contribution >= 4 is 11.6 Å². The van der Waals surface area contributed by atoms with Crippen LogP contribution in [0.5, 0.6) is 5.75 Å². The van der Waals surface area contributed by atoms with E-state index in [1.165, 1.54) is 0 Å². The summed E-state index contributed by atoms with van der Waals surface area (Å²) in [5.74, 6) is 0.815. The molecule has 1 saturated heterocycles. The first-order valence-electron chi connectivity index (χ1n) is 9.12. The van der Waals surface area contributed by atoms with E-state index >= 15 is 0 Å². The summed E-state index contributed by atoms with van der Waals surface area (Å²) in [6.45, 7) is 2.17. The van der Waals surface area contributed by atoms with Crippen LogP contribution in [0.2, 0.25) is 0 Å². The molecule has 1 aliphatic carbocycles. The molecule has 0 spiro atoms. The molecule has 25 heavy (non-hydrogen) atoms. The summed E-state index contributed by atoms with van der Waals surface area (Å²) >= 11 is 0. The number of amides is 1. The van der Waals surface area contributed by atoms with Crippen molar-refractivity contribution in [2.24, 2.45) is 0 Å². The Kier molecular flexibility index (Phi) is 4.49. The van der Waals surface area contributed by atoms with Crippen molar-refractivity contribution in [3.8, 4) is 5.75 Å². The van der Waals surface area contributed by atoms with Crippen molar-refractivity contribution < 1.29 is 9.53 Å². The van der Waals surface area contributed by atoms with Crippen LogP contribution in [-0.2, 0) is 0 Å². The van der Waals surface area contributed by atoms with Gasteiger partial charge in [-0.15, -0.1) is 0 Å². The second-order valence-corrected chi connectivity index (χ2v) is 7.13. The number of rotatable bonds is 5. The number of nitrogens with zero attached hydrogens (tertiary/aromatic N) is 2. The van der Waals surface area contributed by atoms with Crippen LogP contribution in [0.1, 0.15) is 42.2 Å². The summed E-state index contributed by atoms with van der Waals surface area (Å²) in [7, 11) is 2.15. The standard InChI is InChI=1S/C20H25N3O2/c1-22-13-10-18(11-14-22)25-17-8-4-15(5-9-17)21-20(24)19-3-2-12-23(19)16-6-7-16/h2-5,8-9,12,16,18H,6-7,10-11,13-14H2,1H3,(H,21,24). The first-order chi connectivity index (χ1) is 12.2. The number of benzene rings is 1. The van der Waals surface area contributed by atoms with E-state index in [4.69, 9.17) is 4.74 Å². The number of nitrogens with one attached hydrogen (secondary N) is 1. The molecule has 0 atom stereocenters. The number of hydrogen-bond donors (Lipinski definition) is 1. The molecule has 1 aromatic carbocycles. The van der Waals surface area contributed by atoms with E-state index in [1.54, 1.807) is 0 Å². The third-order valence-corrected chi connectivity index (χ3v) is 5.03. The minimum absolute atomic E-state index is 0.0547. The fourth-order valence-electron chi connectivity index (χ4n) is 3.36. The monoisotopic (exact) mass is 339 g/mol. The summed E-state index contributed by atoms with van der Waals surface area (Å²) < 4.78 is 8.13. The number of piperidine rings is 1. The lowest BCUT2D eigenvalue weighted by molar-refractivity contribution is 0.101. The maximum atomic E-state index is 12.5. The number of likely N-dealkylation sites (tertiary alicyclic amines) is 1. The van der Waals surface area contributed by atoms with Gasteiger partial charge in [-0.2, -0.15) is 0 Å². The third-order valence-electron chi connectivity index (χ3n) is 5.03. The fourth-order valence-corrected chi connectivity index (χ4v) is 3.36. The molecule has 2 aliphatic rings. The van der Waals surface area contributed by atoms with E-state index in [0.29, 0.717) is 12.1 Å². The molecule has 1 aromatic heterocycles. The van der Waals surface area contributed by atoms with E-state index in [1.807, 2.05) is 42.6 Å². The van der Waals surface area contributed by atoms with Crippen LogP contribution in [0.15, 0.2) is 42.6 Å². The van der Waals surface area contributed by atoms with Crippen LogP contribution < -0.4 is 10.1 Å². The molecule has 5 heteroatoms. The van der Waals surface area contributed by atoms with Crippen molar-refractivity contribution in [3.05, 3.63) is 48.3 Å². The van der Waals surface area contributed by atoms with Crippen molar-refractivity contribution in [1.29, 1.82) is 0 Å². The normalized spacial score (nSPS) is 18.9. The maximum Gasteiger partial charge on any atom is 0.272 e. The molecule has 0 bridgehead atoms. The summed E-state index contributed by atoms with van der Waals surface area (Å²) in [5, 5.41) is 2.98. The predicted molar refractivity (Wildman–Crippen MR) is 98.2 cm³/mol. The van der Waals surface area contributed by atoms with Gasteiger partial charge in [0.05, 0.1) is 0 Å². The highest BCUT2D eigenvalue weighted by Crippen LogP contribution is 2.36. The molecular weight excluding hydrogens is 314 g/mol. The molecule has 0 radical (unpaired) electrons. The van der Waals surface area contributed by atoms with E-state index in [-0.39, 0.29) is 5.91 Å². The van der Waals surface area contributed by atoms with Crippen LogP contribution in [0.25, 0.3) is 0 Å². The number of carbonyl (C=O) groups is 1. The molecule has 2 aromatic rings. The zero-order valence-corrected chi connectivity index (χ0v) is 14.6. The van der Waals surface area contributed by atoms with Gasteiger partial charge >= 0.3 is 0 Å². The van der Waals surface area contributed by atoms with Crippen LogP contribution >= 0.6 is 0 Å². The lowest BCUT2D eigenvalue weighted by Crippen LogP contribution is -2.35. The number of carbonyl (C=O) groups excluding carboxylic acids is 1. The van der Waals surface area contributed by atoms with Crippen molar-refractivity contribution in [1.82, 2.24) is 9.47 Å². The average molecular weight is 339 g/mol. The van der Waals surface area contributed by atoms with Crippen LogP contribution in [0.3, 0.4) is 0 Å². The van der Waals surface area contributed by atoms with Gasteiger partial charge in [-0.1, -0.05) is 0 Å². The molecule has 1 N–H and O–H groups in total. The third kappa shape index (κ3) is 3.87. The van der Waals surface area contributed by atoms with Crippen LogP contribution in [0, 0.1) is 0 Å². The summed E-state index contributed by atoms with van der Waals surface area (Å²) in [6, 6.07) is 12.0. The lowest BCUT2D eigenvalue weighted by atomic mass is 10.1. The van der Waals surface area contributed by atoms with Gasteiger partial charge in [0.2, 0.25) is 0 Å². The van der Waals surface area contributed by atoms with Gasteiger partial charge < -0.3 is 19.5 Å². The molecule has 4 rings (SSSR count). The van der Waals surface area contributed by atoms with Gasteiger partial charge in [-0.25, -0.2) is 0 Å². The quantitative estimate of drug-likeness (QED) is 0.906. The molecule has 2 heterocycles. The van der Waals surface area contributed by atoms with Crippen molar-refractivity contribution in [3.63, 3.8) is 0 Å². The molecule has 1 saturated carbocycles. The SMILES string of the molecule is CN1CCC(Oc2ccc(NC(=O)c3cccn3C3CC3)cc2)CC1. The number of ether oxygens (including phenoxy) is 1. The van der Waals surface area contributed by atoms with E-state index in [9.17, 15) is 4.79 Å². The molecule has 1 aliphatic heterocycles. The van der Waals surface area contributed by atoms with Gasteiger partial charge in [0.1, 0.15) is 17.5 Å². The Morgan fingerprint density at radius 2 is 1.80 bits per heavy atom. The van der Waals surface area contributed by atoms with Crippen molar-refractivity contribution in [2.75, 3.05) is 25.5 Å². The smallest absolute Gasteiger partial charge is 0.272 e. The maximum absolute atomic E-state index is 12.5. The van der Waals surface area contributed by atoms with Crippen LogP contribution in [-0.4, -0.2) is 41.6 Å². The van der Waals surface area contributed by atoms with Gasteiger partial charge in [-0.3, -0.25) is 4.79 Å². The zero-order chi connectivity index (χ0) is 17.2. The minimum Gasteiger partial charge on any atom is -0.490 e. The van der Waals surface area contributed by atoms with Gasteiger partial charge in [0, 0.05) is 31.0 Å². The minimum atomic E-state index is -0.0547. The zero-order valence-electron chi connectivity index (χ0n) is 14.6. The Morgan fingerprint density at radius 3 is 2.48 bits per heavy atom. The Hall–Kier alpha value is -2.27. The molecule has 0 unspecified atom stereocenters. The molecule has 1 amide bonds. The van der Waals surface area contributed by atoms with E-state index in [2.05, 4.69) is 21.8 Å². The van der Waals surface area contributed by atoms with Gasteiger partial charge in [-0.05, 0) is 69.1 Å².